The number of aliphatic hydroxyl groups is 1. The van der Waals surface area contributed by atoms with Crippen LogP contribution in [0.5, 0.6) is 5.75 Å². The molecule has 0 aromatic heterocycles. The maximum absolute atomic E-state index is 9.91. The maximum Gasteiger partial charge on any atom is 0.119 e. The molecule has 0 bridgehead atoms. The third-order valence-corrected chi connectivity index (χ3v) is 4.46. The van der Waals surface area contributed by atoms with Crippen LogP contribution in [-0.2, 0) is 0 Å². The largest absolute Gasteiger partial charge is 0.491 e. The number of rotatable bonds is 8. The van der Waals surface area contributed by atoms with E-state index in [1.54, 1.807) is 0 Å². The molecule has 1 aromatic rings. The maximum atomic E-state index is 9.91. The summed E-state index contributed by atoms with van der Waals surface area (Å²) in [5.74, 6) is 3.31. The van der Waals surface area contributed by atoms with Crippen molar-refractivity contribution in [3.63, 3.8) is 0 Å². The van der Waals surface area contributed by atoms with Gasteiger partial charge in [0.05, 0.1) is 0 Å². The van der Waals surface area contributed by atoms with E-state index < -0.39 is 6.10 Å². The number of aryl methyl sites for hydroxylation is 1. The molecule has 21 heavy (non-hydrogen) atoms. The number of ether oxygens (including phenoxy) is 1. The zero-order valence-corrected chi connectivity index (χ0v) is 13.6. The Morgan fingerprint density at radius 1 is 1.38 bits per heavy atom. The molecule has 1 saturated heterocycles. The predicted octanol–water partition coefficient (Wildman–Crippen LogP) is 1.37. The second-order valence-corrected chi connectivity index (χ2v) is 6.66. The molecule has 1 aliphatic rings. The topological polar surface area (TPSA) is 44.7 Å². The van der Waals surface area contributed by atoms with E-state index in [1.807, 2.05) is 43.0 Å². The number of hydrogen-bond donors (Lipinski definition) is 2. The lowest BCUT2D eigenvalue weighted by atomic mass is 10.2. The van der Waals surface area contributed by atoms with Crippen molar-refractivity contribution in [1.29, 1.82) is 0 Å². The molecule has 2 N–H and O–H groups in total. The van der Waals surface area contributed by atoms with E-state index in [0.717, 1.165) is 18.8 Å². The third-order valence-electron chi connectivity index (χ3n) is 3.52. The van der Waals surface area contributed by atoms with Crippen molar-refractivity contribution in [2.75, 3.05) is 50.8 Å². The number of thioether (sulfide) groups is 1. The Hall–Kier alpha value is -0.750. The first-order valence-electron chi connectivity index (χ1n) is 7.62. The quantitative estimate of drug-likeness (QED) is 0.710. The van der Waals surface area contributed by atoms with Gasteiger partial charge in [0.15, 0.2) is 0 Å². The summed E-state index contributed by atoms with van der Waals surface area (Å²) in [5.41, 5.74) is 1.17. The summed E-state index contributed by atoms with van der Waals surface area (Å²) >= 11 is 2.03. The highest BCUT2D eigenvalue weighted by atomic mass is 32.2. The first kappa shape index (κ1) is 16.6. The van der Waals surface area contributed by atoms with Gasteiger partial charge in [0.25, 0.3) is 0 Å². The van der Waals surface area contributed by atoms with E-state index in [2.05, 4.69) is 10.2 Å². The number of benzene rings is 1. The first-order chi connectivity index (χ1) is 10.2. The highest BCUT2D eigenvalue weighted by Crippen LogP contribution is 2.12. The minimum atomic E-state index is -0.470. The molecule has 0 saturated carbocycles. The Bertz CT molecular complexity index is 411. The molecule has 4 nitrogen and oxygen atoms in total. The highest BCUT2D eigenvalue weighted by Gasteiger charge is 2.10. The summed E-state index contributed by atoms with van der Waals surface area (Å²) in [6, 6.07) is 7.90. The Balaban J connectivity index is 1.54. The van der Waals surface area contributed by atoms with E-state index in [4.69, 9.17) is 4.74 Å². The van der Waals surface area contributed by atoms with E-state index in [9.17, 15) is 5.11 Å². The summed E-state index contributed by atoms with van der Waals surface area (Å²) in [6.07, 6.45) is -0.470. The molecule has 0 amide bonds. The SMILES string of the molecule is Cc1cccc(OCC(O)CNCCN2CCSCC2)c1. The van der Waals surface area contributed by atoms with E-state index >= 15 is 0 Å². The fraction of sp³-hybridized carbons (Fsp3) is 0.625. The smallest absolute Gasteiger partial charge is 0.119 e. The van der Waals surface area contributed by atoms with Crippen molar-refractivity contribution in [3.05, 3.63) is 29.8 Å². The van der Waals surface area contributed by atoms with Gasteiger partial charge in [0.1, 0.15) is 18.5 Å². The first-order valence-corrected chi connectivity index (χ1v) is 8.78. The van der Waals surface area contributed by atoms with Gasteiger partial charge in [-0.2, -0.15) is 11.8 Å². The number of aliphatic hydroxyl groups excluding tert-OH is 1. The van der Waals surface area contributed by atoms with Crippen LogP contribution in [0.3, 0.4) is 0 Å². The molecule has 118 valence electrons. The third kappa shape index (κ3) is 6.70. The van der Waals surface area contributed by atoms with Crippen LogP contribution in [0, 0.1) is 6.92 Å². The van der Waals surface area contributed by atoms with Crippen LogP contribution in [0.15, 0.2) is 24.3 Å². The normalized spacial score (nSPS) is 17.6. The van der Waals surface area contributed by atoms with Crippen LogP contribution in [0.4, 0.5) is 0 Å². The minimum absolute atomic E-state index is 0.330. The predicted molar refractivity (Wildman–Crippen MR) is 89.3 cm³/mol. The van der Waals surface area contributed by atoms with Crippen LogP contribution in [0.1, 0.15) is 5.56 Å². The lowest BCUT2D eigenvalue weighted by Gasteiger charge is -2.26. The van der Waals surface area contributed by atoms with Crippen LogP contribution in [0.25, 0.3) is 0 Å². The molecule has 0 aliphatic carbocycles. The van der Waals surface area contributed by atoms with Gasteiger partial charge in [-0.05, 0) is 24.6 Å². The van der Waals surface area contributed by atoms with Crippen LogP contribution in [0.2, 0.25) is 0 Å². The van der Waals surface area contributed by atoms with Crippen LogP contribution < -0.4 is 10.1 Å². The molecule has 1 aromatic carbocycles. The van der Waals surface area contributed by atoms with E-state index in [0.29, 0.717) is 13.2 Å². The Morgan fingerprint density at radius 3 is 2.95 bits per heavy atom. The summed E-state index contributed by atoms with van der Waals surface area (Å²) < 4.78 is 5.59. The van der Waals surface area contributed by atoms with Gasteiger partial charge >= 0.3 is 0 Å². The molecule has 1 heterocycles. The van der Waals surface area contributed by atoms with Crippen LogP contribution >= 0.6 is 11.8 Å². The molecule has 5 heteroatoms. The molecule has 0 radical (unpaired) electrons. The van der Waals surface area contributed by atoms with Gasteiger partial charge in [-0.1, -0.05) is 12.1 Å². The second kappa shape index (κ2) is 9.30. The lowest BCUT2D eigenvalue weighted by molar-refractivity contribution is 0.105. The summed E-state index contributed by atoms with van der Waals surface area (Å²) in [7, 11) is 0. The molecular weight excluding hydrogens is 284 g/mol. The minimum Gasteiger partial charge on any atom is -0.491 e. The second-order valence-electron chi connectivity index (χ2n) is 5.44. The molecule has 0 spiro atoms. The van der Waals surface area contributed by atoms with Gasteiger partial charge in [-0.25, -0.2) is 0 Å². The fourth-order valence-corrected chi connectivity index (χ4v) is 3.27. The van der Waals surface area contributed by atoms with Crippen molar-refractivity contribution in [1.82, 2.24) is 10.2 Å². The molecule has 2 rings (SSSR count). The van der Waals surface area contributed by atoms with E-state index in [-0.39, 0.29) is 0 Å². The van der Waals surface area contributed by atoms with Crippen molar-refractivity contribution in [2.24, 2.45) is 0 Å². The fourth-order valence-electron chi connectivity index (χ4n) is 2.29. The number of hydrogen-bond acceptors (Lipinski definition) is 5. The molecule has 1 unspecified atom stereocenters. The zero-order chi connectivity index (χ0) is 14.9. The lowest BCUT2D eigenvalue weighted by Crippen LogP contribution is -2.40. The van der Waals surface area contributed by atoms with Crippen molar-refractivity contribution < 1.29 is 9.84 Å². The molecule has 1 atom stereocenters. The Labute approximate surface area is 131 Å². The van der Waals surface area contributed by atoms with Crippen molar-refractivity contribution >= 4 is 11.8 Å². The number of nitrogens with one attached hydrogen (secondary N) is 1. The summed E-state index contributed by atoms with van der Waals surface area (Å²) in [5, 5.41) is 13.2. The zero-order valence-electron chi connectivity index (χ0n) is 12.8. The van der Waals surface area contributed by atoms with Gasteiger partial charge in [-0.3, -0.25) is 0 Å². The van der Waals surface area contributed by atoms with Gasteiger partial charge in [0.2, 0.25) is 0 Å². The Morgan fingerprint density at radius 2 is 2.19 bits per heavy atom. The van der Waals surface area contributed by atoms with Crippen molar-refractivity contribution in [3.8, 4) is 5.75 Å². The van der Waals surface area contributed by atoms with Gasteiger partial charge in [-0.15, -0.1) is 0 Å². The molecular formula is C16H26N2O2S. The number of nitrogens with zero attached hydrogens (tertiary/aromatic N) is 1. The van der Waals surface area contributed by atoms with Crippen LogP contribution in [-0.4, -0.2) is 66.9 Å². The molecule has 1 fully saturated rings. The standard InChI is InChI=1S/C16H26N2O2S/c1-14-3-2-4-16(11-14)20-13-15(19)12-17-5-6-18-7-9-21-10-8-18/h2-4,11,15,17,19H,5-10,12-13H2,1H3. The van der Waals surface area contributed by atoms with Gasteiger partial charge in [0, 0.05) is 44.2 Å². The Kier molecular flexibility index (Phi) is 7.36. The van der Waals surface area contributed by atoms with E-state index in [1.165, 1.54) is 30.2 Å². The summed E-state index contributed by atoms with van der Waals surface area (Å²) in [6.45, 7) is 7.30. The summed E-state index contributed by atoms with van der Waals surface area (Å²) in [4.78, 5) is 2.47. The average molecular weight is 310 g/mol. The highest BCUT2D eigenvalue weighted by molar-refractivity contribution is 7.99. The molecule has 1 aliphatic heterocycles. The van der Waals surface area contributed by atoms with Gasteiger partial charge < -0.3 is 20.1 Å². The monoisotopic (exact) mass is 310 g/mol. The average Bonchev–Trinajstić information content (AvgIpc) is 2.51. The van der Waals surface area contributed by atoms with Crippen molar-refractivity contribution in [2.45, 2.75) is 13.0 Å².